The molecule has 180 valence electrons. The zero-order valence-corrected chi connectivity index (χ0v) is 20.5. The molecule has 6 rings (SSSR count). The fraction of sp³-hybridized carbons (Fsp3) is 0.406. The van der Waals surface area contributed by atoms with Crippen molar-refractivity contribution in [3.63, 3.8) is 0 Å². The smallest absolute Gasteiger partial charge is 0.224 e. The Morgan fingerprint density at radius 3 is 2.40 bits per heavy atom. The van der Waals surface area contributed by atoms with Crippen molar-refractivity contribution in [1.29, 1.82) is 0 Å². The van der Waals surface area contributed by atoms with E-state index in [2.05, 4.69) is 48.6 Å². The molecule has 3 aliphatic carbocycles. The molecule has 3 heteroatoms. The Morgan fingerprint density at radius 2 is 1.60 bits per heavy atom. The highest BCUT2D eigenvalue weighted by Gasteiger charge is 2.56. The maximum absolute atomic E-state index is 13.9. The molecule has 3 aromatic rings. The van der Waals surface area contributed by atoms with Gasteiger partial charge in [0.05, 0.1) is 6.04 Å². The molecule has 3 nitrogen and oxygen atoms in total. The first-order chi connectivity index (χ1) is 17.0. The Bertz CT molecular complexity index is 1200. The summed E-state index contributed by atoms with van der Waals surface area (Å²) in [6.45, 7) is 2.41. The molecule has 0 heterocycles. The summed E-state index contributed by atoms with van der Waals surface area (Å²) < 4.78 is 0. The monoisotopic (exact) mass is 465 g/mol. The Balaban J connectivity index is 1.25. The molecular formula is C32H35NO2. The number of carbonyl (C=O) groups is 1. The third-order valence-electron chi connectivity index (χ3n) is 9.60. The van der Waals surface area contributed by atoms with Crippen molar-refractivity contribution in [2.75, 3.05) is 0 Å². The number of fused-ring (bicyclic) bond motifs is 5. The molecule has 0 saturated heterocycles. The van der Waals surface area contributed by atoms with Crippen molar-refractivity contribution >= 4 is 5.91 Å². The molecule has 2 saturated carbocycles. The first-order valence-electron chi connectivity index (χ1n) is 13.3. The second-order valence-corrected chi connectivity index (χ2v) is 11.2. The van der Waals surface area contributed by atoms with Gasteiger partial charge < -0.3 is 10.4 Å². The Morgan fingerprint density at radius 1 is 0.886 bits per heavy atom. The highest BCUT2D eigenvalue weighted by atomic mass is 16.3. The fourth-order valence-electron chi connectivity index (χ4n) is 7.87. The lowest BCUT2D eigenvalue weighted by Gasteiger charge is -2.50. The van der Waals surface area contributed by atoms with Gasteiger partial charge in [0.15, 0.2) is 0 Å². The molecule has 0 aliphatic heterocycles. The molecule has 0 bridgehead atoms. The van der Waals surface area contributed by atoms with Gasteiger partial charge in [-0.3, -0.25) is 4.79 Å². The first kappa shape index (κ1) is 22.4. The summed E-state index contributed by atoms with van der Waals surface area (Å²) >= 11 is 0. The van der Waals surface area contributed by atoms with E-state index in [1.807, 2.05) is 30.3 Å². The van der Waals surface area contributed by atoms with E-state index >= 15 is 0 Å². The number of aromatic hydroxyl groups is 1. The summed E-state index contributed by atoms with van der Waals surface area (Å²) in [5.74, 6) is 2.45. The van der Waals surface area contributed by atoms with Crippen molar-refractivity contribution in [3.8, 4) is 5.75 Å². The third kappa shape index (κ3) is 3.86. The average Bonchev–Trinajstić information content (AvgIpc) is 3.25. The number of hydrogen-bond acceptors (Lipinski definition) is 2. The highest BCUT2D eigenvalue weighted by molar-refractivity contribution is 5.81. The zero-order chi connectivity index (χ0) is 24.0. The van der Waals surface area contributed by atoms with E-state index in [0.29, 0.717) is 17.8 Å². The minimum Gasteiger partial charge on any atom is -0.508 e. The standard InChI is InChI=1S/C32H35NO2/c1-32-20-19-26-25-10-6-5-7-21(25)13-16-27(26)28(32)17-18-29(32)31(35)33-30(22-8-3-2-4-9-22)23-11-14-24(34)15-12-23/h2-12,14-15,26-30,34H,13,16-20H2,1H3,(H,33,35)/t26-,27-,28+,29-,30?,32+/m1/s1. The zero-order valence-electron chi connectivity index (χ0n) is 20.5. The predicted molar refractivity (Wildman–Crippen MR) is 139 cm³/mol. The molecule has 3 aliphatic rings. The summed E-state index contributed by atoms with van der Waals surface area (Å²) in [4.78, 5) is 13.9. The number of aryl methyl sites for hydroxylation is 1. The number of nitrogens with one attached hydrogen (secondary N) is 1. The van der Waals surface area contributed by atoms with Crippen LogP contribution in [-0.4, -0.2) is 11.0 Å². The highest BCUT2D eigenvalue weighted by Crippen LogP contribution is 2.63. The lowest BCUT2D eigenvalue weighted by Crippen LogP contribution is -2.47. The normalized spacial score (nSPS) is 30.0. The van der Waals surface area contributed by atoms with E-state index < -0.39 is 0 Å². The molecule has 0 spiro atoms. The molecule has 0 radical (unpaired) electrons. The molecule has 0 aromatic heterocycles. The van der Waals surface area contributed by atoms with E-state index in [1.165, 1.54) is 19.3 Å². The van der Waals surface area contributed by atoms with E-state index in [4.69, 9.17) is 0 Å². The largest absolute Gasteiger partial charge is 0.508 e. The summed E-state index contributed by atoms with van der Waals surface area (Å²) in [6, 6.07) is 26.2. The van der Waals surface area contributed by atoms with Crippen molar-refractivity contribution in [1.82, 2.24) is 5.32 Å². The van der Waals surface area contributed by atoms with E-state index in [9.17, 15) is 9.90 Å². The van der Waals surface area contributed by atoms with Crippen molar-refractivity contribution in [2.24, 2.45) is 23.2 Å². The topological polar surface area (TPSA) is 49.3 Å². The molecule has 3 aromatic carbocycles. The van der Waals surface area contributed by atoms with Gasteiger partial charge in [-0.05, 0) is 96.1 Å². The van der Waals surface area contributed by atoms with E-state index in [0.717, 1.165) is 30.4 Å². The van der Waals surface area contributed by atoms with Crippen LogP contribution in [0.2, 0.25) is 0 Å². The second kappa shape index (κ2) is 8.86. The van der Waals surface area contributed by atoms with Crippen LogP contribution in [0.1, 0.15) is 73.2 Å². The Hall–Kier alpha value is -3.07. The molecule has 2 N–H and O–H groups in total. The maximum atomic E-state index is 13.9. The number of phenolic OH excluding ortho intramolecular Hbond substituents is 1. The number of hydrogen-bond donors (Lipinski definition) is 2. The quantitative estimate of drug-likeness (QED) is 0.447. The third-order valence-corrected chi connectivity index (χ3v) is 9.60. The van der Waals surface area contributed by atoms with Crippen LogP contribution in [0.25, 0.3) is 0 Å². The van der Waals surface area contributed by atoms with Gasteiger partial charge in [-0.15, -0.1) is 0 Å². The number of rotatable bonds is 4. The Kier molecular flexibility index (Phi) is 5.67. The van der Waals surface area contributed by atoms with Gasteiger partial charge >= 0.3 is 0 Å². The van der Waals surface area contributed by atoms with Crippen LogP contribution < -0.4 is 5.32 Å². The summed E-state index contributed by atoms with van der Waals surface area (Å²) in [7, 11) is 0. The van der Waals surface area contributed by atoms with Gasteiger partial charge in [0.25, 0.3) is 0 Å². The minimum atomic E-state index is -0.218. The van der Waals surface area contributed by atoms with Gasteiger partial charge in [-0.25, -0.2) is 0 Å². The molecule has 6 atom stereocenters. The average molecular weight is 466 g/mol. The van der Waals surface area contributed by atoms with Gasteiger partial charge in [0.1, 0.15) is 5.75 Å². The van der Waals surface area contributed by atoms with Crippen molar-refractivity contribution < 1.29 is 9.90 Å². The van der Waals surface area contributed by atoms with Crippen LogP contribution in [0.3, 0.4) is 0 Å². The lowest BCUT2D eigenvalue weighted by molar-refractivity contribution is -0.130. The van der Waals surface area contributed by atoms with Crippen LogP contribution in [0.4, 0.5) is 0 Å². The van der Waals surface area contributed by atoms with Crippen LogP contribution >= 0.6 is 0 Å². The van der Waals surface area contributed by atoms with Crippen LogP contribution in [0, 0.1) is 23.2 Å². The molecular weight excluding hydrogens is 430 g/mol. The summed E-state index contributed by atoms with van der Waals surface area (Å²) in [6.07, 6.45) is 6.90. The van der Waals surface area contributed by atoms with Crippen molar-refractivity contribution in [3.05, 3.63) is 101 Å². The fourth-order valence-corrected chi connectivity index (χ4v) is 7.87. The molecule has 1 amide bonds. The molecule has 1 unspecified atom stereocenters. The minimum absolute atomic E-state index is 0.0500. The van der Waals surface area contributed by atoms with Crippen molar-refractivity contribution in [2.45, 2.75) is 57.4 Å². The molecule has 2 fully saturated rings. The van der Waals surface area contributed by atoms with Gasteiger partial charge in [-0.2, -0.15) is 0 Å². The second-order valence-electron chi connectivity index (χ2n) is 11.2. The van der Waals surface area contributed by atoms with E-state index in [1.54, 1.807) is 23.3 Å². The van der Waals surface area contributed by atoms with Gasteiger partial charge in [0, 0.05) is 5.92 Å². The van der Waals surface area contributed by atoms with Gasteiger partial charge in [-0.1, -0.05) is 73.7 Å². The first-order valence-corrected chi connectivity index (χ1v) is 13.3. The summed E-state index contributed by atoms with van der Waals surface area (Å²) in [5.41, 5.74) is 5.25. The summed E-state index contributed by atoms with van der Waals surface area (Å²) in [5, 5.41) is 13.2. The lowest BCUT2D eigenvalue weighted by atomic mass is 9.54. The number of phenols is 1. The molecule has 35 heavy (non-hydrogen) atoms. The van der Waals surface area contributed by atoms with E-state index in [-0.39, 0.29) is 29.0 Å². The number of amides is 1. The number of benzene rings is 3. The SMILES string of the molecule is C[C@]12CC[C@@H]3c4ccccc4CC[C@H]3[C@@H]1CC[C@@H]2C(=O)NC(c1ccccc1)c1ccc(O)cc1. The van der Waals surface area contributed by atoms with Crippen LogP contribution in [-0.2, 0) is 11.2 Å². The number of carbonyl (C=O) groups excluding carboxylic acids is 1. The predicted octanol–water partition coefficient (Wildman–Crippen LogP) is 6.77. The Labute approximate surface area is 208 Å². The van der Waals surface area contributed by atoms with Gasteiger partial charge in [0.2, 0.25) is 5.91 Å². The van der Waals surface area contributed by atoms with Crippen LogP contribution in [0.15, 0.2) is 78.9 Å². The maximum Gasteiger partial charge on any atom is 0.224 e. The van der Waals surface area contributed by atoms with Crippen LogP contribution in [0.5, 0.6) is 5.75 Å².